The summed E-state index contributed by atoms with van der Waals surface area (Å²) in [5, 5.41) is 0. The van der Waals surface area contributed by atoms with Gasteiger partial charge in [0.25, 0.3) is 0 Å². The number of benzene rings is 1. The highest BCUT2D eigenvalue weighted by Crippen LogP contribution is 2.63. The third-order valence-electron chi connectivity index (χ3n) is 4.01. The Morgan fingerprint density at radius 2 is 1.85 bits per heavy atom. The predicted molar refractivity (Wildman–Crippen MR) is 68.6 cm³/mol. The minimum absolute atomic E-state index is 0.343. The zero-order valence-electron chi connectivity index (χ0n) is 11.2. The molecule has 0 spiro atoms. The molecule has 1 heterocycles. The minimum atomic E-state index is -0.936. The molecule has 2 aliphatic rings. The van der Waals surface area contributed by atoms with Crippen molar-refractivity contribution in [2.45, 2.75) is 11.5 Å². The molecule has 5 heteroatoms. The standard InChI is InChI=1S/C15H14O5/c1-18-13(16)10-8-20-12-11(10)15(12,14(17)19-2)9-6-4-3-5-7-9/h3-8,11-12H,1-2H3/t11-,12-,15-/m0/s1. The molecule has 20 heavy (non-hydrogen) atoms. The van der Waals surface area contributed by atoms with E-state index in [2.05, 4.69) is 0 Å². The summed E-state index contributed by atoms with van der Waals surface area (Å²) in [5.74, 6) is -1.21. The Morgan fingerprint density at radius 3 is 2.45 bits per heavy atom. The van der Waals surface area contributed by atoms with Crippen LogP contribution in [0.3, 0.4) is 0 Å². The highest BCUT2D eigenvalue weighted by atomic mass is 16.5. The second kappa shape index (κ2) is 4.37. The van der Waals surface area contributed by atoms with Crippen molar-refractivity contribution < 1.29 is 23.8 Å². The van der Waals surface area contributed by atoms with Crippen molar-refractivity contribution in [3.8, 4) is 0 Å². The van der Waals surface area contributed by atoms with E-state index in [0.29, 0.717) is 5.57 Å². The summed E-state index contributed by atoms with van der Waals surface area (Å²) in [6.07, 6.45) is 0.983. The maximum absolute atomic E-state index is 12.3. The number of carbonyl (C=O) groups is 2. The largest absolute Gasteiger partial charge is 0.495 e. The summed E-state index contributed by atoms with van der Waals surface area (Å²) in [5.41, 5.74) is 0.233. The number of methoxy groups -OCH3 is 2. The molecule has 1 aliphatic heterocycles. The summed E-state index contributed by atoms with van der Waals surface area (Å²) in [7, 11) is 2.64. The van der Waals surface area contributed by atoms with E-state index in [1.807, 2.05) is 30.3 Å². The van der Waals surface area contributed by atoms with Gasteiger partial charge >= 0.3 is 11.9 Å². The van der Waals surface area contributed by atoms with Gasteiger partial charge in [0, 0.05) is 0 Å². The number of fused-ring (bicyclic) bond motifs is 1. The number of hydrogen-bond acceptors (Lipinski definition) is 5. The van der Waals surface area contributed by atoms with Gasteiger partial charge in [0.2, 0.25) is 0 Å². The maximum atomic E-state index is 12.3. The Kier molecular flexibility index (Phi) is 2.78. The second-order valence-electron chi connectivity index (χ2n) is 4.83. The highest BCUT2D eigenvalue weighted by molar-refractivity contribution is 5.98. The van der Waals surface area contributed by atoms with E-state index in [0.717, 1.165) is 5.56 Å². The van der Waals surface area contributed by atoms with Crippen molar-refractivity contribution in [3.63, 3.8) is 0 Å². The monoisotopic (exact) mass is 274 g/mol. The molecular weight excluding hydrogens is 260 g/mol. The molecule has 1 saturated carbocycles. The van der Waals surface area contributed by atoms with Gasteiger partial charge in [-0.05, 0) is 5.56 Å². The van der Waals surface area contributed by atoms with Gasteiger partial charge in [-0.1, -0.05) is 30.3 Å². The molecule has 104 valence electrons. The molecular formula is C15H14O5. The summed E-state index contributed by atoms with van der Waals surface area (Å²) in [6.45, 7) is 0. The Bertz CT molecular complexity index is 592. The Morgan fingerprint density at radius 1 is 1.15 bits per heavy atom. The van der Waals surface area contributed by atoms with E-state index >= 15 is 0 Å². The fourth-order valence-corrected chi connectivity index (χ4v) is 3.05. The molecule has 1 aliphatic carbocycles. The molecule has 0 saturated heterocycles. The molecule has 0 radical (unpaired) electrons. The lowest BCUT2D eigenvalue weighted by Crippen LogP contribution is -2.30. The SMILES string of the molecule is COC(=O)C1=CO[C@H]2[C@H]1[C@@]2(C(=O)OC)c1ccccc1. The lowest BCUT2D eigenvalue weighted by molar-refractivity contribution is -0.145. The van der Waals surface area contributed by atoms with Crippen molar-refractivity contribution in [3.05, 3.63) is 47.7 Å². The van der Waals surface area contributed by atoms with Gasteiger partial charge in [0.05, 0.1) is 32.0 Å². The van der Waals surface area contributed by atoms with Gasteiger partial charge in [0.15, 0.2) is 0 Å². The predicted octanol–water partition coefficient (Wildman–Crippen LogP) is 1.18. The summed E-state index contributed by atoms with van der Waals surface area (Å²) in [4.78, 5) is 24.0. The normalized spacial score (nSPS) is 29.8. The van der Waals surface area contributed by atoms with Gasteiger partial charge < -0.3 is 14.2 Å². The van der Waals surface area contributed by atoms with Crippen molar-refractivity contribution in [2.75, 3.05) is 14.2 Å². The molecule has 1 aromatic carbocycles. The van der Waals surface area contributed by atoms with E-state index < -0.39 is 23.5 Å². The van der Waals surface area contributed by atoms with Gasteiger partial charge in [-0.25, -0.2) is 4.79 Å². The van der Waals surface area contributed by atoms with Crippen LogP contribution in [0.25, 0.3) is 0 Å². The first-order valence-electron chi connectivity index (χ1n) is 6.25. The lowest BCUT2D eigenvalue weighted by atomic mass is 9.90. The van der Waals surface area contributed by atoms with Crippen LogP contribution in [0.5, 0.6) is 0 Å². The van der Waals surface area contributed by atoms with Crippen LogP contribution >= 0.6 is 0 Å². The number of rotatable bonds is 3. The Hall–Kier alpha value is -2.30. The molecule has 0 aromatic heterocycles. The third-order valence-corrected chi connectivity index (χ3v) is 4.01. The van der Waals surface area contributed by atoms with E-state index in [9.17, 15) is 9.59 Å². The van der Waals surface area contributed by atoms with Gasteiger partial charge in [0.1, 0.15) is 11.5 Å². The van der Waals surface area contributed by atoms with Crippen LogP contribution in [-0.4, -0.2) is 32.3 Å². The van der Waals surface area contributed by atoms with E-state index in [4.69, 9.17) is 14.2 Å². The number of carbonyl (C=O) groups excluding carboxylic acids is 2. The maximum Gasteiger partial charge on any atom is 0.337 e. The average molecular weight is 274 g/mol. The molecule has 1 aromatic rings. The van der Waals surface area contributed by atoms with Crippen LogP contribution in [0, 0.1) is 5.92 Å². The molecule has 3 rings (SSSR count). The number of hydrogen-bond donors (Lipinski definition) is 0. The zero-order chi connectivity index (χ0) is 14.3. The topological polar surface area (TPSA) is 61.8 Å². The lowest BCUT2D eigenvalue weighted by Gasteiger charge is -2.18. The van der Waals surface area contributed by atoms with Crippen LogP contribution in [0.4, 0.5) is 0 Å². The van der Waals surface area contributed by atoms with Crippen LogP contribution in [0.2, 0.25) is 0 Å². The van der Waals surface area contributed by atoms with E-state index in [1.54, 1.807) is 0 Å². The Labute approximate surface area is 116 Å². The molecule has 0 amide bonds. The van der Waals surface area contributed by atoms with Crippen molar-refractivity contribution in [1.29, 1.82) is 0 Å². The second-order valence-corrected chi connectivity index (χ2v) is 4.83. The van der Waals surface area contributed by atoms with Gasteiger partial charge in [-0.3, -0.25) is 4.79 Å². The molecule has 3 atom stereocenters. The number of esters is 2. The Balaban J connectivity index is 2.03. The smallest absolute Gasteiger partial charge is 0.337 e. The molecule has 0 unspecified atom stereocenters. The fraction of sp³-hybridized carbons (Fsp3) is 0.333. The van der Waals surface area contributed by atoms with E-state index in [-0.39, 0.29) is 5.92 Å². The molecule has 5 nitrogen and oxygen atoms in total. The van der Waals surface area contributed by atoms with Crippen LogP contribution in [-0.2, 0) is 29.2 Å². The quantitative estimate of drug-likeness (QED) is 0.775. The molecule has 0 N–H and O–H groups in total. The first-order chi connectivity index (χ1) is 9.67. The van der Waals surface area contributed by atoms with Crippen molar-refractivity contribution >= 4 is 11.9 Å². The summed E-state index contributed by atoms with van der Waals surface area (Å²) < 4.78 is 15.2. The van der Waals surface area contributed by atoms with Crippen molar-refractivity contribution in [2.24, 2.45) is 5.92 Å². The first-order valence-corrected chi connectivity index (χ1v) is 6.25. The van der Waals surface area contributed by atoms with Crippen molar-refractivity contribution in [1.82, 2.24) is 0 Å². The minimum Gasteiger partial charge on any atom is -0.495 e. The molecule has 1 fully saturated rings. The highest BCUT2D eigenvalue weighted by Gasteiger charge is 2.77. The molecule has 0 bridgehead atoms. The zero-order valence-corrected chi connectivity index (χ0v) is 11.2. The van der Waals surface area contributed by atoms with Crippen LogP contribution < -0.4 is 0 Å². The van der Waals surface area contributed by atoms with E-state index in [1.165, 1.54) is 20.5 Å². The van der Waals surface area contributed by atoms with Gasteiger partial charge in [-0.2, -0.15) is 0 Å². The summed E-state index contributed by atoms with van der Waals surface area (Å²) in [6, 6.07) is 9.23. The third kappa shape index (κ3) is 1.43. The first kappa shape index (κ1) is 12.7. The van der Waals surface area contributed by atoms with Gasteiger partial charge in [-0.15, -0.1) is 0 Å². The number of ether oxygens (including phenoxy) is 3. The fourth-order valence-electron chi connectivity index (χ4n) is 3.05. The average Bonchev–Trinajstić information content (AvgIpc) is 2.96. The van der Waals surface area contributed by atoms with Crippen LogP contribution in [0.15, 0.2) is 42.2 Å². The summed E-state index contributed by atoms with van der Waals surface area (Å²) >= 11 is 0. The van der Waals surface area contributed by atoms with Crippen LogP contribution in [0.1, 0.15) is 5.56 Å².